The van der Waals surface area contributed by atoms with E-state index in [1.54, 1.807) is 0 Å². The number of nitrogens with one attached hydrogen (secondary N) is 1. The lowest BCUT2D eigenvalue weighted by atomic mass is 10.1. The number of hydrogen-bond donors (Lipinski definition) is 1. The number of rotatable bonds is 8. The minimum atomic E-state index is 0.307. The molecular weight excluding hydrogens is 314 g/mol. The zero-order chi connectivity index (χ0) is 17.6. The first-order valence-corrected chi connectivity index (χ1v) is 8.75. The number of benzene rings is 1. The van der Waals surface area contributed by atoms with Gasteiger partial charge in [0.15, 0.2) is 0 Å². The molecule has 6 heteroatoms. The summed E-state index contributed by atoms with van der Waals surface area (Å²) in [6, 6.07) is 10.5. The molecule has 0 spiro atoms. The molecule has 132 valence electrons. The number of nitrogens with zero attached hydrogens (tertiary/aromatic N) is 4. The minimum Gasteiger partial charge on any atom is -0.339 e. The highest BCUT2D eigenvalue weighted by Crippen LogP contribution is 2.15. The molecular formula is C19H25N5O. The Morgan fingerprint density at radius 2 is 2.00 bits per heavy atom. The van der Waals surface area contributed by atoms with Gasteiger partial charge in [0.25, 0.3) is 0 Å². The van der Waals surface area contributed by atoms with Gasteiger partial charge in [-0.25, -0.2) is 0 Å². The highest BCUT2D eigenvalue weighted by Gasteiger charge is 2.14. The zero-order valence-corrected chi connectivity index (χ0v) is 15.0. The Balaban J connectivity index is 1.43. The van der Waals surface area contributed by atoms with Gasteiger partial charge in [-0.2, -0.15) is 10.1 Å². The molecule has 0 radical (unpaired) electrons. The molecule has 0 aliphatic carbocycles. The van der Waals surface area contributed by atoms with Crippen molar-refractivity contribution < 1.29 is 4.52 Å². The maximum absolute atomic E-state index is 5.34. The van der Waals surface area contributed by atoms with E-state index in [9.17, 15) is 0 Å². The SMILES string of the molecule is Cc1cnn([C@H](C)[C@@H](C)NCCCc2nc(-c3ccccc3)no2)c1. The van der Waals surface area contributed by atoms with Crippen LogP contribution in [-0.2, 0) is 6.42 Å². The van der Waals surface area contributed by atoms with E-state index in [1.807, 2.05) is 41.2 Å². The molecule has 2 heterocycles. The number of aromatic nitrogens is 4. The summed E-state index contributed by atoms with van der Waals surface area (Å²) in [7, 11) is 0. The van der Waals surface area contributed by atoms with E-state index in [-0.39, 0.29) is 0 Å². The van der Waals surface area contributed by atoms with Crippen molar-refractivity contribution >= 4 is 0 Å². The van der Waals surface area contributed by atoms with Gasteiger partial charge >= 0.3 is 0 Å². The third-order valence-corrected chi connectivity index (χ3v) is 4.41. The van der Waals surface area contributed by atoms with Gasteiger partial charge in [-0.15, -0.1) is 0 Å². The molecule has 2 aromatic heterocycles. The highest BCUT2D eigenvalue weighted by molar-refractivity contribution is 5.53. The Hall–Kier alpha value is -2.47. The molecule has 0 unspecified atom stereocenters. The van der Waals surface area contributed by atoms with Gasteiger partial charge in [0.1, 0.15) is 0 Å². The molecule has 0 aliphatic rings. The van der Waals surface area contributed by atoms with E-state index in [1.165, 1.54) is 5.56 Å². The molecule has 3 aromatic rings. The summed E-state index contributed by atoms with van der Waals surface area (Å²) in [6.07, 6.45) is 5.69. The fourth-order valence-electron chi connectivity index (χ4n) is 2.69. The fraction of sp³-hybridized carbons (Fsp3) is 0.421. The fourth-order valence-corrected chi connectivity index (χ4v) is 2.69. The normalized spacial score (nSPS) is 13.7. The summed E-state index contributed by atoms with van der Waals surface area (Å²) in [5, 5.41) is 12.0. The van der Waals surface area contributed by atoms with Crippen molar-refractivity contribution in [2.45, 2.75) is 45.7 Å². The van der Waals surface area contributed by atoms with Gasteiger partial charge in [-0.3, -0.25) is 4.68 Å². The molecule has 0 bridgehead atoms. The van der Waals surface area contributed by atoms with Crippen LogP contribution in [0.15, 0.2) is 47.2 Å². The maximum Gasteiger partial charge on any atom is 0.227 e. The van der Waals surface area contributed by atoms with Gasteiger partial charge in [0.05, 0.1) is 12.2 Å². The van der Waals surface area contributed by atoms with Crippen LogP contribution in [0.4, 0.5) is 0 Å². The van der Waals surface area contributed by atoms with Gasteiger partial charge in [0, 0.05) is 24.2 Å². The summed E-state index contributed by atoms with van der Waals surface area (Å²) in [5.74, 6) is 1.34. The van der Waals surface area contributed by atoms with Gasteiger partial charge in [-0.1, -0.05) is 35.5 Å². The smallest absolute Gasteiger partial charge is 0.227 e. The van der Waals surface area contributed by atoms with E-state index in [0.717, 1.165) is 24.9 Å². The van der Waals surface area contributed by atoms with E-state index >= 15 is 0 Å². The number of hydrogen-bond acceptors (Lipinski definition) is 5. The molecule has 25 heavy (non-hydrogen) atoms. The first kappa shape index (κ1) is 17.4. The first-order valence-electron chi connectivity index (χ1n) is 8.75. The van der Waals surface area contributed by atoms with Crippen LogP contribution >= 0.6 is 0 Å². The predicted molar refractivity (Wildman–Crippen MR) is 97.2 cm³/mol. The van der Waals surface area contributed by atoms with Crippen molar-refractivity contribution in [3.63, 3.8) is 0 Å². The van der Waals surface area contributed by atoms with Crippen LogP contribution in [0, 0.1) is 6.92 Å². The molecule has 0 aliphatic heterocycles. The topological polar surface area (TPSA) is 68.8 Å². The second kappa shape index (κ2) is 8.07. The molecule has 0 amide bonds. The second-order valence-corrected chi connectivity index (χ2v) is 6.46. The van der Waals surface area contributed by atoms with Crippen LogP contribution in [0.3, 0.4) is 0 Å². The Kier molecular flexibility index (Phi) is 5.60. The quantitative estimate of drug-likeness (QED) is 0.637. The van der Waals surface area contributed by atoms with E-state index in [4.69, 9.17) is 4.52 Å². The lowest BCUT2D eigenvalue weighted by Gasteiger charge is -2.21. The van der Waals surface area contributed by atoms with Crippen LogP contribution in [0.5, 0.6) is 0 Å². The molecule has 0 saturated carbocycles. The summed E-state index contributed by atoms with van der Waals surface area (Å²) < 4.78 is 7.35. The molecule has 1 N–H and O–H groups in total. The Morgan fingerprint density at radius 3 is 2.72 bits per heavy atom. The zero-order valence-electron chi connectivity index (χ0n) is 15.0. The lowest BCUT2D eigenvalue weighted by Crippen LogP contribution is -2.34. The standard InChI is InChI=1S/C19H25N5O/c1-14-12-21-24(13-14)16(3)15(2)20-11-7-10-18-22-19(23-25-18)17-8-5-4-6-9-17/h4-6,8-9,12-13,15-16,20H,7,10-11H2,1-3H3/t15-,16-/m1/s1. The average Bonchev–Trinajstić information content (AvgIpc) is 3.28. The largest absolute Gasteiger partial charge is 0.339 e. The summed E-state index contributed by atoms with van der Waals surface area (Å²) in [5.41, 5.74) is 2.16. The third-order valence-electron chi connectivity index (χ3n) is 4.41. The minimum absolute atomic E-state index is 0.307. The first-order chi connectivity index (χ1) is 12.1. The van der Waals surface area contributed by atoms with Gasteiger partial charge < -0.3 is 9.84 Å². The predicted octanol–water partition coefficient (Wildman–Crippen LogP) is 3.41. The lowest BCUT2D eigenvalue weighted by molar-refractivity contribution is 0.353. The van der Waals surface area contributed by atoms with E-state index in [0.29, 0.717) is 23.8 Å². The van der Waals surface area contributed by atoms with Crippen LogP contribution in [0.25, 0.3) is 11.4 Å². The van der Waals surface area contributed by atoms with E-state index in [2.05, 4.69) is 47.5 Å². The summed E-state index contributed by atoms with van der Waals surface area (Å²) in [6.45, 7) is 7.31. The maximum atomic E-state index is 5.34. The van der Waals surface area contributed by atoms with Crippen LogP contribution < -0.4 is 5.32 Å². The van der Waals surface area contributed by atoms with Crippen molar-refractivity contribution in [1.29, 1.82) is 0 Å². The molecule has 3 rings (SSSR count). The monoisotopic (exact) mass is 339 g/mol. The van der Waals surface area contributed by atoms with E-state index < -0.39 is 0 Å². The summed E-state index contributed by atoms with van der Waals surface area (Å²) >= 11 is 0. The van der Waals surface area contributed by atoms with Crippen molar-refractivity contribution in [2.24, 2.45) is 0 Å². The average molecular weight is 339 g/mol. The van der Waals surface area contributed by atoms with Crippen LogP contribution in [-0.4, -0.2) is 32.5 Å². The second-order valence-electron chi connectivity index (χ2n) is 6.46. The molecule has 0 fully saturated rings. The Labute approximate surface area is 148 Å². The highest BCUT2D eigenvalue weighted by atomic mass is 16.5. The molecule has 2 atom stereocenters. The summed E-state index contributed by atoms with van der Waals surface area (Å²) in [4.78, 5) is 4.46. The van der Waals surface area contributed by atoms with Crippen molar-refractivity contribution in [2.75, 3.05) is 6.54 Å². The third kappa shape index (κ3) is 4.54. The molecule has 0 saturated heterocycles. The van der Waals surface area contributed by atoms with Crippen LogP contribution in [0.2, 0.25) is 0 Å². The van der Waals surface area contributed by atoms with Crippen molar-refractivity contribution in [3.05, 3.63) is 54.2 Å². The number of aryl methyl sites for hydroxylation is 2. The van der Waals surface area contributed by atoms with Crippen LogP contribution in [0.1, 0.15) is 37.8 Å². The Morgan fingerprint density at radius 1 is 1.20 bits per heavy atom. The molecule has 1 aromatic carbocycles. The van der Waals surface area contributed by atoms with Crippen molar-refractivity contribution in [1.82, 2.24) is 25.2 Å². The van der Waals surface area contributed by atoms with Crippen molar-refractivity contribution in [3.8, 4) is 11.4 Å². The Bertz CT molecular complexity index is 780. The molecule has 6 nitrogen and oxygen atoms in total. The van der Waals surface area contributed by atoms with Gasteiger partial charge in [-0.05, 0) is 39.3 Å². The van der Waals surface area contributed by atoms with Gasteiger partial charge in [0.2, 0.25) is 11.7 Å².